The minimum Gasteiger partial charge on any atom is -0.508 e. The first-order valence-electron chi connectivity index (χ1n) is 8.21. The van der Waals surface area contributed by atoms with Gasteiger partial charge in [-0.25, -0.2) is 0 Å². The molecule has 0 aliphatic carbocycles. The molecular formula is C18H29ClO. The number of hydrogen-bond donors (Lipinski definition) is 1. The fourth-order valence-corrected chi connectivity index (χ4v) is 2.75. The Balaban J connectivity index is 1.98. The number of hydrogen-bond acceptors (Lipinski definition) is 1. The Bertz CT molecular complexity index is 362. The van der Waals surface area contributed by atoms with E-state index in [1.54, 1.807) is 12.1 Å². The third-order valence-corrected chi connectivity index (χ3v) is 4.08. The lowest BCUT2D eigenvalue weighted by Gasteiger charge is -2.05. The van der Waals surface area contributed by atoms with Crippen molar-refractivity contribution in [2.24, 2.45) is 0 Å². The number of rotatable bonds is 11. The van der Waals surface area contributed by atoms with Crippen molar-refractivity contribution in [1.82, 2.24) is 0 Å². The summed E-state index contributed by atoms with van der Waals surface area (Å²) < 4.78 is 0. The van der Waals surface area contributed by atoms with Gasteiger partial charge in [-0.1, -0.05) is 76.3 Å². The molecule has 0 bridgehead atoms. The van der Waals surface area contributed by atoms with E-state index in [0.717, 1.165) is 18.4 Å². The van der Waals surface area contributed by atoms with Crippen molar-refractivity contribution >= 4 is 11.6 Å². The summed E-state index contributed by atoms with van der Waals surface area (Å²) in [6.45, 7) is 2.26. The average Bonchev–Trinajstić information content (AvgIpc) is 2.44. The van der Waals surface area contributed by atoms with Crippen molar-refractivity contribution in [3.05, 3.63) is 28.8 Å². The van der Waals surface area contributed by atoms with Crippen LogP contribution in [-0.2, 0) is 6.42 Å². The lowest BCUT2D eigenvalue weighted by molar-refractivity contribution is 0.466. The molecule has 1 rings (SSSR count). The molecule has 0 atom stereocenters. The van der Waals surface area contributed by atoms with Crippen molar-refractivity contribution < 1.29 is 5.11 Å². The van der Waals surface area contributed by atoms with Crippen molar-refractivity contribution in [3.63, 3.8) is 0 Å². The first-order chi connectivity index (χ1) is 9.74. The van der Waals surface area contributed by atoms with Crippen molar-refractivity contribution in [1.29, 1.82) is 0 Å². The lowest BCUT2D eigenvalue weighted by Crippen LogP contribution is -1.88. The summed E-state index contributed by atoms with van der Waals surface area (Å²) >= 11 is 5.94. The van der Waals surface area contributed by atoms with E-state index < -0.39 is 0 Å². The van der Waals surface area contributed by atoms with Crippen LogP contribution in [0, 0.1) is 0 Å². The molecule has 0 aliphatic heterocycles. The highest BCUT2D eigenvalue weighted by Gasteiger charge is 2.01. The normalized spacial score (nSPS) is 10.9. The van der Waals surface area contributed by atoms with Gasteiger partial charge in [-0.2, -0.15) is 0 Å². The summed E-state index contributed by atoms with van der Waals surface area (Å²) in [7, 11) is 0. The predicted octanol–water partition coefficient (Wildman–Crippen LogP) is 6.51. The van der Waals surface area contributed by atoms with E-state index in [-0.39, 0.29) is 0 Å². The Morgan fingerprint density at radius 3 is 2.00 bits per heavy atom. The SMILES string of the molecule is CCCCCCCCCCCCc1cc(Cl)ccc1O. The first-order valence-corrected chi connectivity index (χ1v) is 8.59. The summed E-state index contributed by atoms with van der Waals surface area (Å²) in [5.74, 6) is 0.380. The lowest BCUT2D eigenvalue weighted by atomic mass is 10.0. The monoisotopic (exact) mass is 296 g/mol. The summed E-state index contributed by atoms with van der Waals surface area (Å²) in [4.78, 5) is 0. The maximum Gasteiger partial charge on any atom is 0.118 e. The van der Waals surface area contributed by atoms with Gasteiger partial charge in [-0.05, 0) is 36.6 Å². The quantitative estimate of drug-likeness (QED) is 0.461. The maximum absolute atomic E-state index is 9.72. The van der Waals surface area contributed by atoms with Crippen LogP contribution in [0.5, 0.6) is 5.75 Å². The molecule has 0 aliphatic rings. The molecule has 0 heterocycles. The zero-order chi connectivity index (χ0) is 14.6. The molecule has 0 amide bonds. The van der Waals surface area contributed by atoms with E-state index in [2.05, 4.69) is 6.92 Å². The minimum atomic E-state index is 0.380. The van der Waals surface area contributed by atoms with Gasteiger partial charge in [0.05, 0.1) is 0 Å². The second kappa shape index (κ2) is 11.0. The van der Waals surface area contributed by atoms with E-state index in [0.29, 0.717) is 10.8 Å². The molecule has 2 heteroatoms. The van der Waals surface area contributed by atoms with Crippen LogP contribution >= 0.6 is 11.6 Å². The van der Waals surface area contributed by atoms with Crippen LogP contribution in [0.15, 0.2) is 18.2 Å². The molecule has 1 aromatic rings. The molecule has 0 unspecified atom stereocenters. The molecule has 0 fully saturated rings. The molecule has 114 valence electrons. The van der Waals surface area contributed by atoms with Crippen molar-refractivity contribution in [3.8, 4) is 5.75 Å². The number of unbranched alkanes of at least 4 members (excludes halogenated alkanes) is 9. The van der Waals surface area contributed by atoms with E-state index in [1.165, 1.54) is 57.8 Å². The number of benzene rings is 1. The zero-order valence-electron chi connectivity index (χ0n) is 12.8. The van der Waals surface area contributed by atoms with Crippen LogP contribution < -0.4 is 0 Å². The number of phenols is 1. The highest BCUT2D eigenvalue weighted by Crippen LogP contribution is 2.23. The average molecular weight is 297 g/mol. The van der Waals surface area contributed by atoms with E-state index in [9.17, 15) is 5.11 Å². The highest BCUT2D eigenvalue weighted by atomic mass is 35.5. The predicted molar refractivity (Wildman–Crippen MR) is 88.7 cm³/mol. The number of aryl methyl sites for hydroxylation is 1. The third-order valence-electron chi connectivity index (χ3n) is 3.84. The molecular weight excluding hydrogens is 268 g/mol. The standard InChI is InChI=1S/C18H29ClO/c1-2-3-4-5-6-7-8-9-10-11-12-16-15-17(19)13-14-18(16)20/h13-15,20H,2-12H2,1H3. The topological polar surface area (TPSA) is 20.2 Å². The Kier molecular flexibility index (Phi) is 9.57. The summed E-state index contributed by atoms with van der Waals surface area (Å²) in [6, 6.07) is 5.30. The summed E-state index contributed by atoms with van der Waals surface area (Å²) in [5, 5.41) is 10.4. The fraction of sp³-hybridized carbons (Fsp3) is 0.667. The van der Waals surface area contributed by atoms with Gasteiger partial charge in [0.15, 0.2) is 0 Å². The van der Waals surface area contributed by atoms with Gasteiger partial charge in [0.1, 0.15) is 5.75 Å². The molecule has 0 saturated heterocycles. The summed E-state index contributed by atoms with van der Waals surface area (Å²) in [5.41, 5.74) is 0.983. The maximum atomic E-state index is 9.72. The van der Waals surface area contributed by atoms with Gasteiger partial charge in [0.25, 0.3) is 0 Å². The second-order valence-electron chi connectivity index (χ2n) is 5.71. The Morgan fingerprint density at radius 1 is 0.850 bits per heavy atom. The number of phenolic OH excluding ortho intramolecular Hbond substituents is 1. The molecule has 1 nitrogen and oxygen atoms in total. The Hall–Kier alpha value is -0.690. The second-order valence-corrected chi connectivity index (χ2v) is 6.14. The number of halogens is 1. The summed E-state index contributed by atoms with van der Waals surface area (Å²) in [6.07, 6.45) is 14.3. The fourth-order valence-electron chi connectivity index (χ4n) is 2.56. The van der Waals surface area contributed by atoms with E-state index in [1.807, 2.05) is 6.07 Å². The smallest absolute Gasteiger partial charge is 0.118 e. The largest absolute Gasteiger partial charge is 0.508 e. The van der Waals surface area contributed by atoms with Crippen LogP contribution in [0.4, 0.5) is 0 Å². The highest BCUT2D eigenvalue weighted by molar-refractivity contribution is 6.30. The van der Waals surface area contributed by atoms with Gasteiger partial charge >= 0.3 is 0 Å². The minimum absolute atomic E-state index is 0.380. The third kappa shape index (κ3) is 7.79. The number of aromatic hydroxyl groups is 1. The van der Waals surface area contributed by atoms with Crippen LogP contribution in [0.2, 0.25) is 5.02 Å². The van der Waals surface area contributed by atoms with Crippen molar-refractivity contribution in [2.45, 2.75) is 77.6 Å². The van der Waals surface area contributed by atoms with Gasteiger partial charge in [-0.3, -0.25) is 0 Å². The van der Waals surface area contributed by atoms with Gasteiger partial charge in [-0.15, -0.1) is 0 Å². The molecule has 0 radical (unpaired) electrons. The van der Waals surface area contributed by atoms with E-state index >= 15 is 0 Å². The van der Waals surface area contributed by atoms with Crippen LogP contribution in [-0.4, -0.2) is 5.11 Å². The van der Waals surface area contributed by atoms with Crippen LogP contribution in [0.3, 0.4) is 0 Å². The molecule has 0 saturated carbocycles. The molecule has 1 aromatic carbocycles. The van der Waals surface area contributed by atoms with E-state index in [4.69, 9.17) is 11.6 Å². The Morgan fingerprint density at radius 2 is 1.40 bits per heavy atom. The molecule has 1 N–H and O–H groups in total. The molecule has 0 aromatic heterocycles. The Labute approximate surface area is 129 Å². The van der Waals surface area contributed by atoms with Crippen LogP contribution in [0.1, 0.15) is 76.7 Å². The van der Waals surface area contributed by atoms with Gasteiger partial charge in [0, 0.05) is 5.02 Å². The zero-order valence-corrected chi connectivity index (χ0v) is 13.6. The van der Waals surface area contributed by atoms with Crippen LogP contribution in [0.25, 0.3) is 0 Å². The molecule has 0 spiro atoms. The molecule has 20 heavy (non-hydrogen) atoms. The first kappa shape index (κ1) is 17.4. The van der Waals surface area contributed by atoms with Gasteiger partial charge in [0.2, 0.25) is 0 Å². The van der Waals surface area contributed by atoms with Gasteiger partial charge < -0.3 is 5.11 Å². The van der Waals surface area contributed by atoms with Crippen molar-refractivity contribution in [2.75, 3.05) is 0 Å².